The third-order valence-electron chi connectivity index (χ3n) is 6.29. The number of anilines is 2. The average Bonchev–Trinajstić information content (AvgIpc) is 3.62. The van der Waals surface area contributed by atoms with Gasteiger partial charge in [0.05, 0.1) is 23.9 Å². The van der Waals surface area contributed by atoms with Crippen LogP contribution >= 0.6 is 27.7 Å². The normalized spacial score (nSPS) is 15.0. The molecule has 2 heterocycles. The molecule has 0 unspecified atom stereocenters. The first-order valence-corrected chi connectivity index (χ1v) is 15.0. The molecule has 0 aliphatic carbocycles. The van der Waals surface area contributed by atoms with Crippen LogP contribution in [0.3, 0.4) is 0 Å². The Hall–Kier alpha value is -4.68. The van der Waals surface area contributed by atoms with Crippen LogP contribution in [0.4, 0.5) is 15.8 Å². The van der Waals surface area contributed by atoms with Crippen LogP contribution in [0.25, 0.3) is 6.08 Å². The van der Waals surface area contributed by atoms with Gasteiger partial charge in [-0.1, -0.05) is 28.1 Å². The number of benzene rings is 3. The van der Waals surface area contributed by atoms with E-state index in [-0.39, 0.29) is 19.1 Å². The van der Waals surface area contributed by atoms with Gasteiger partial charge in [-0.2, -0.15) is 5.10 Å². The third-order valence-corrected chi connectivity index (χ3v) is 7.78. The van der Waals surface area contributed by atoms with E-state index in [1.165, 1.54) is 40.9 Å². The number of nitrogens with zero attached hydrogens (tertiary/aromatic N) is 4. The molecule has 12 heteroatoms. The number of rotatable bonds is 10. The number of halogens is 2. The van der Waals surface area contributed by atoms with E-state index in [9.17, 15) is 14.0 Å². The molecule has 0 spiro atoms. The Morgan fingerprint density at radius 2 is 1.89 bits per heavy atom. The molecule has 5 rings (SSSR count). The molecule has 1 fully saturated rings. The Morgan fingerprint density at radius 1 is 1.11 bits per heavy atom. The van der Waals surface area contributed by atoms with Crippen molar-refractivity contribution < 1.29 is 23.1 Å². The zero-order valence-electron chi connectivity index (χ0n) is 23.7. The standard InChI is InChI=1S/C32H27BrFN5O4S/c1-38(2)26-12-5-21(6-13-26)18-35-37-32-39(19-27-4-3-15-42-27)31(41)29(44-32)17-22-16-23(33)7-14-28(22)43-20-30(40)36-25-10-8-24(34)9-11-25/h3-18H,19-20H2,1-2H3,(H,36,40)/b29-17-,35-18+,37-32-. The summed E-state index contributed by atoms with van der Waals surface area (Å²) in [6, 6.07) is 22.1. The fraction of sp³-hybridized carbons (Fsp3) is 0.125. The highest BCUT2D eigenvalue weighted by molar-refractivity contribution is 9.10. The number of carbonyl (C=O) groups is 2. The third kappa shape index (κ3) is 8.03. The minimum Gasteiger partial charge on any atom is -0.483 e. The minimum absolute atomic E-state index is 0.174. The van der Waals surface area contributed by atoms with Crippen molar-refractivity contribution >= 4 is 68.3 Å². The number of thioether (sulfide) groups is 1. The molecular weight excluding hydrogens is 649 g/mol. The molecule has 0 radical (unpaired) electrons. The molecule has 1 aliphatic rings. The first-order chi connectivity index (χ1) is 21.2. The summed E-state index contributed by atoms with van der Waals surface area (Å²) in [4.78, 5) is 29.9. The summed E-state index contributed by atoms with van der Waals surface area (Å²) in [5.41, 5.74) is 2.95. The first kappa shape index (κ1) is 30.8. The van der Waals surface area contributed by atoms with Gasteiger partial charge >= 0.3 is 0 Å². The molecule has 0 bridgehead atoms. The quantitative estimate of drug-likeness (QED) is 0.113. The number of hydrogen-bond acceptors (Lipinski definition) is 8. The van der Waals surface area contributed by atoms with Gasteiger partial charge in [-0.15, -0.1) is 5.10 Å². The Bertz CT molecular complexity index is 1720. The Labute approximate surface area is 266 Å². The Morgan fingerprint density at radius 3 is 2.59 bits per heavy atom. The summed E-state index contributed by atoms with van der Waals surface area (Å²) >= 11 is 4.64. The van der Waals surface area contributed by atoms with E-state index in [1.54, 1.807) is 48.9 Å². The van der Waals surface area contributed by atoms with Crippen LogP contribution in [0.2, 0.25) is 0 Å². The summed E-state index contributed by atoms with van der Waals surface area (Å²) in [5.74, 6) is -0.113. The summed E-state index contributed by atoms with van der Waals surface area (Å²) in [6.07, 6.45) is 4.86. The smallest absolute Gasteiger partial charge is 0.267 e. The van der Waals surface area contributed by atoms with Gasteiger partial charge < -0.3 is 19.4 Å². The van der Waals surface area contributed by atoms with Crippen molar-refractivity contribution in [1.29, 1.82) is 0 Å². The van der Waals surface area contributed by atoms with Gasteiger partial charge in [-0.05, 0) is 90.1 Å². The van der Waals surface area contributed by atoms with Gasteiger partial charge in [0.15, 0.2) is 11.8 Å². The molecule has 1 aromatic heterocycles. The molecule has 224 valence electrons. The molecular formula is C32H27BrFN5O4S. The van der Waals surface area contributed by atoms with Crippen LogP contribution in [0.15, 0.2) is 109 Å². The second kappa shape index (κ2) is 14.2. The lowest BCUT2D eigenvalue weighted by Gasteiger charge is -2.13. The van der Waals surface area contributed by atoms with E-state index in [1.807, 2.05) is 43.3 Å². The lowest BCUT2D eigenvalue weighted by Crippen LogP contribution is -2.28. The SMILES string of the molecule is CN(C)c1ccc(/C=N/N=C2\S/C(=C\c3cc(Br)ccc3OCC(=O)Nc3ccc(F)cc3)C(=O)N2Cc2ccco2)cc1. The van der Waals surface area contributed by atoms with Crippen molar-refractivity contribution in [3.63, 3.8) is 0 Å². The number of amides is 2. The molecule has 1 saturated heterocycles. The highest BCUT2D eigenvalue weighted by Gasteiger charge is 2.34. The predicted octanol–water partition coefficient (Wildman–Crippen LogP) is 6.77. The van der Waals surface area contributed by atoms with Crippen molar-refractivity contribution in [3.8, 4) is 5.75 Å². The zero-order chi connectivity index (χ0) is 31.1. The number of carbonyl (C=O) groups excluding carboxylic acids is 2. The van der Waals surface area contributed by atoms with Crippen LogP contribution in [-0.4, -0.2) is 48.8 Å². The van der Waals surface area contributed by atoms with E-state index in [0.29, 0.717) is 32.8 Å². The molecule has 0 saturated carbocycles. The fourth-order valence-electron chi connectivity index (χ4n) is 4.06. The molecule has 1 N–H and O–H groups in total. The van der Waals surface area contributed by atoms with Gasteiger partial charge in [0.25, 0.3) is 11.8 Å². The summed E-state index contributed by atoms with van der Waals surface area (Å²) in [7, 11) is 3.94. The molecule has 0 atom stereocenters. The van der Waals surface area contributed by atoms with Crippen molar-refractivity contribution in [2.75, 3.05) is 30.9 Å². The maximum absolute atomic E-state index is 13.6. The molecule has 9 nitrogen and oxygen atoms in total. The summed E-state index contributed by atoms with van der Waals surface area (Å²) in [6.45, 7) is -0.120. The monoisotopic (exact) mass is 675 g/mol. The maximum atomic E-state index is 13.6. The van der Waals surface area contributed by atoms with E-state index in [0.717, 1.165) is 15.7 Å². The van der Waals surface area contributed by atoms with Crippen LogP contribution in [0, 0.1) is 5.82 Å². The largest absolute Gasteiger partial charge is 0.483 e. The van der Waals surface area contributed by atoms with Crippen LogP contribution < -0.4 is 15.0 Å². The van der Waals surface area contributed by atoms with Gasteiger partial charge in [-0.3, -0.25) is 14.5 Å². The summed E-state index contributed by atoms with van der Waals surface area (Å²) in [5, 5.41) is 11.7. The second-order valence-electron chi connectivity index (χ2n) is 9.72. The number of nitrogens with one attached hydrogen (secondary N) is 1. The molecule has 1 aliphatic heterocycles. The summed E-state index contributed by atoms with van der Waals surface area (Å²) < 4.78 is 25.2. The first-order valence-electron chi connectivity index (χ1n) is 13.3. The van der Waals surface area contributed by atoms with E-state index in [4.69, 9.17) is 9.15 Å². The molecule has 4 aromatic rings. The van der Waals surface area contributed by atoms with Crippen LogP contribution in [0.5, 0.6) is 5.75 Å². The Balaban J connectivity index is 1.35. The number of hydrogen-bond donors (Lipinski definition) is 1. The average molecular weight is 677 g/mol. The highest BCUT2D eigenvalue weighted by atomic mass is 79.9. The lowest BCUT2D eigenvalue weighted by molar-refractivity contribution is -0.122. The second-order valence-corrected chi connectivity index (χ2v) is 11.6. The van der Waals surface area contributed by atoms with Gasteiger partial charge in [0, 0.05) is 35.5 Å². The van der Waals surface area contributed by atoms with Crippen molar-refractivity contribution in [3.05, 3.63) is 117 Å². The van der Waals surface area contributed by atoms with E-state index < -0.39 is 11.7 Å². The van der Waals surface area contributed by atoms with Crippen molar-refractivity contribution in [1.82, 2.24) is 4.90 Å². The Kier molecular flexibility index (Phi) is 9.93. The van der Waals surface area contributed by atoms with Gasteiger partial charge in [-0.25, -0.2) is 4.39 Å². The minimum atomic E-state index is -0.419. The number of amidine groups is 1. The van der Waals surface area contributed by atoms with Crippen LogP contribution in [0.1, 0.15) is 16.9 Å². The predicted molar refractivity (Wildman–Crippen MR) is 175 cm³/mol. The van der Waals surface area contributed by atoms with Gasteiger partial charge in [0.1, 0.15) is 17.3 Å². The molecule has 44 heavy (non-hydrogen) atoms. The number of furan rings is 1. The highest BCUT2D eigenvalue weighted by Crippen LogP contribution is 2.36. The van der Waals surface area contributed by atoms with Gasteiger partial charge in [0.2, 0.25) is 0 Å². The maximum Gasteiger partial charge on any atom is 0.267 e. The molecule has 2 amide bonds. The van der Waals surface area contributed by atoms with E-state index in [2.05, 4.69) is 31.4 Å². The lowest BCUT2D eigenvalue weighted by atomic mass is 10.2. The fourth-order valence-corrected chi connectivity index (χ4v) is 5.37. The van der Waals surface area contributed by atoms with Crippen molar-refractivity contribution in [2.45, 2.75) is 6.54 Å². The topological polar surface area (TPSA) is 99.7 Å². The van der Waals surface area contributed by atoms with E-state index >= 15 is 0 Å². The van der Waals surface area contributed by atoms with Crippen LogP contribution in [-0.2, 0) is 16.1 Å². The zero-order valence-corrected chi connectivity index (χ0v) is 26.1. The van der Waals surface area contributed by atoms with Crippen molar-refractivity contribution in [2.24, 2.45) is 10.2 Å². The molecule has 3 aromatic carbocycles. The number of ether oxygens (including phenoxy) is 1.